The molecule has 2 N–H and O–H groups in total. The maximum Gasteiger partial charge on any atom is 0.325 e. The standard InChI is InChI=1S/C12H15ClFNO3/c1-2-15(6-7-16)11(12(17)18)10-8(13)4-3-5-9(10)14/h3-5,11,16H,2,6-7H2,1H3,(H,17,18). The smallest absolute Gasteiger partial charge is 0.325 e. The van der Waals surface area contributed by atoms with E-state index >= 15 is 0 Å². The van der Waals surface area contributed by atoms with Crippen molar-refractivity contribution < 1.29 is 19.4 Å². The fourth-order valence-electron chi connectivity index (χ4n) is 1.83. The predicted octanol–water partition coefficient (Wildman–Crippen LogP) is 1.92. The van der Waals surface area contributed by atoms with Crippen molar-refractivity contribution in [3.05, 3.63) is 34.6 Å². The minimum atomic E-state index is -1.20. The average molecular weight is 276 g/mol. The molecule has 1 rings (SSSR count). The van der Waals surface area contributed by atoms with E-state index in [-0.39, 0.29) is 23.7 Å². The van der Waals surface area contributed by atoms with E-state index in [0.717, 1.165) is 0 Å². The molecular formula is C12H15ClFNO3. The Kier molecular flexibility index (Phi) is 5.53. The molecule has 1 atom stereocenters. The zero-order valence-corrected chi connectivity index (χ0v) is 10.7. The normalized spacial score (nSPS) is 12.7. The molecule has 100 valence electrons. The molecule has 1 unspecified atom stereocenters. The summed E-state index contributed by atoms with van der Waals surface area (Å²) in [5.41, 5.74) is -0.0676. The minimum absolute atomic E-state index is 0.0676. The van der Waals surface area contributed by atoms with E-state index in [4.69, 9.17) is 16.7 Å². The van der Waals surface area contributed by atoms with Gasteiger partial charge in [-0.25, -0.2) is 4.39 Å². The summed E-state index contributed by atoms with van der Waals surface area (Å²) in [6.45, 7) is 2.03. The third-order valence-corrected chi connectivity index (χ3v) is 3.00. The number of likely N-dealkylation sites (N-methyl/N-ethyl adjacent to an activating group) is 1. The molecule has 0 saturated carbocycles. The monoisotopic (exact) mass is 275 g/mol. The summed E-state index contributed by atoms with van der Waals surface area (Å²) in [5.74, 6) is -1.86. The fourth-order valence-corrected chi connectivity index (χ4v) is 2.10. The summed E-state index contributed by atoms with van der Waals surface area (Å²) in [6, 6.07) is 2.84. The number of hydrogen-bond donors (Lipinski definition) is 2. The lowest BCUT2D eigenvalue weighted by atomic mass is 10.0. The van der Waals surface area contributed by atoms with Crippen LogP contribution < -0.4 is 0 Å². The zero-order chi connectivity index (χ0) is 13.7. The van der Waals surface area contributed by atoms with Crippen LogP contribution >= 0.6 is 11.6 Å². The first-order valence-corrected chi connectivity index (χ1v) is 5.92. The van der Waals surface area contributed by atoms with Crippen LogP contribution in [0.15, 0.2) is 18.2 Å². The molecule has 1 aromatic rings. The molecule has 0 spiro atoms. The Hall–Kier alpha value is -1.17. The summed E-state index contributed by atoms with van der Waals surface area (Å²) in [4.78, 5) is 12.8. The van der Waals surface area contributed by atoms with Gasteiger partial charge in [0.25, 0.3) is 0 Å². The number of rotatable bonds is 6. The lowest BCUT2D eigenvalue weighted by Crippen LogP contribution is -2.36. The lowest BCUT2D eigenvalue weighted by Gasteiger charge is -2.27. The van der Waals surface area contributed by atoms with Crippen molar-refractivity contribution in [2.45, 2.75) is 13.0 Å². The largest absolute Gasteiger partial charge is 0.480 e. The maximum atomic E-state index is 13.8. The van der Waals surface area contributed by atoms with Gasteiger partial charge in [-0.1, -0.05) is 24.6 Å². The second kappa shape index (κ2) is 6.68. The SMILES string of the molecule is CCN(CCO)C(C(=O)O)c1c(F)cccc1Cl. The number of aliphatic hydroxyl groups is 1. The van der Waals surface area contributed by atoms with Gasteiger partial charge in [-0.15, -0.1) is 0 Å². The van der Waals surface area contributed by atoms with Gasteiger partial charge in [-0.05, 0) is 18.7 Å². The van der Waals surface area contributed by atoms with Gasteiger partial charge < -0.3 is 10.2 Å². The van der Waals surface area contributed by atoms with Crippen molar-refractivity contribution >= 4 is 17.6 Å². The first-order valence-electron chi connectivity index (χ1n) is 5.54. The molecule has 0 bridgehead atoms. The van der Waals surface area contributed by atoms with Crippen molar-refractivity contribution in [1.82, 2.24) is 4.90 Å². The molecule has 0 aliphatic heterocycles. The Labute approximate surface area is 110 Å². The third kappa shape index (κ3) is 3.19. The van der Waals surface area contributed by atoms with E-state index in [0.29, 0.717) is 6.54 Å². The van der Waals surface area contributed by atoms with E-state index in [1.54, 1.807) is 6.92 Å². The second-order valence-electron chi connectivity index (χ2n) is 3.73. The van der Waals surface area contributed by atoms with Crippen LogP contribution in [0.2, 0.25) is 5.02 Å². The number of aliphatic hydroxyl groups excluding tert-OH is 1. The highest BCUT2D eigenvalue weighted by atomic mass is 35.5. The minimum Gasteiger partial charge on any atom is -0.480 e. The van der Waals surface area contributed by atoms with Gasteiger partial charge in [-0.3, -0.25) is 9.69 Å². The summed E-state index contributed by atoms with van der Waals surface area (Å²) in [7, 11) is 0. The molecule has 0 aliphatic rings. The summed E-state index contributed by atoms with van der Waals surface area (Å²) in [6.07, 6.45) is 0. The highest BCUT2D eigenvalue weighted by Gasteiger charge is 2.30. The van der Waals surface area contributed by atoms with Crippen LogP contribution in [-0.4, -0.2) is 40.8 Å². The molecular weight excluding hydrogens is 261 g/mol. The molecule has 1 aromatic carbocycles. The first kappa shape index (κ1) is 14.9. The Balaban J connectivity index is 3.23. The Morgan fingerprint density at radius 2 is 2.22 bits per heavy atom. The quantitative estimate of drug-likeness (QED) is 0.833. The average Bonchev–Trinajstić information content (AvgIpc) is 2.31. The number of nitrogens with zero attached hydrogens (tertiary/aromatic N) is 1. The highest BCUT2D eigenvalue weighted by molar-refractivity contribution is 6.31. The highest BCUT2D eigenvalue weighted by Crippen LogP contribution is 2.30. The van der Waals surface area contributed by atoms with Gasteiger partial charge in [0.15, 0.2) is 0 Å². The lowest BCUT2D eigenvalue weighted by molar-refractivity contribution is -0.143. The number of benzene rings is 1. The van der Waals surface area contributed by atoms with E-state index in [2.05, 4.69) is 0 Å². The van der Waals surface area contributed by atoms with Crippen molar-refractivity contribution in [1.29, 1.82) is 0 Å². The van der Waals surface area contributed by atoms with Crippen LogP contribution in [0, 0.1) is 5.82 Å². The van der Waals surface area contributed by atoms with Gasteiger partial charge >= 0.3 is 5.97 Å². The molecule has 0 fully saturated rings. The Morgan fingerprint density at radius 1 is 1.56 bits per heavy atom. The fraction of sp³-hybridized carbons (Fsp3) is 0.417. The van der Waals surface area contributed by atoms with Crippen LogP contribution in [0.3, 0.4) is 0 Å². The maximum absolute atomic E-state index is 13.8. The van der Waals surface area contributed by atoms with E-state index < -0.39 is 17.8 Å². The molecule has 0 heterocycles. The molecule has 0 aliphatic carbocycles. The van der Waals surface area contributed by atoms with Gasteiger partial charge in [0.05, 0.1) is 6.61 Å². The number of carbonyl (C=O) groups is 1. The number of hydrogen-bond acceptors (Lipinski definition) is 3. The van der Waals surface area contributed by atoms with Gasteiger partial charge in [0.1, 0.15) is 11.9 Å². The molecule has 18 heavy (non-hydrogen) atoms. The van der Waals surface area contributed by atoms with Crippen LogP contribution in [-0.2, 0) is 4.79 Å². The van der Waals surface area contributed by atoms with Gasteiger partial charge in [0.2, 0.25) is 0 Å². The number of carboxylic acid groups (broad SMARTS) is 1. The van der Waals surface area contributed by atoms with E-state index in [9.17, 15) is 14.3 Å². The molecule has 0 radical (unpaired) electrons. The second-order valence-corrected chi connectivity index (χ2v) is 4.14. The van der Waals surface area contributed by atoms with E-state index in [1.807, 2.05) is 0 Å². The van der Waals surface area contributed by atoms with Crippen molar-refractivity contribution in [3.8, 4) is 0 Å². The molecule has 6 heteroatoms. The molecule has 0 amide bonds. The van der Waals surface area contributed by atoms with Gasteiger partial charge in [0, 0.05) is 17.1 Å². The van der Waals surface area contributed by atoms with Crippen molar-refractivity contribution in [2.24, 2.45) is 0 Å². The van der Waals surface area contributed by atoms with E-state index in [1.165, 1.54) is 23.1 Å². The third-order valence-electron chi connectivity index (χ3n) is 2.67. The predicted molar refractivity (Wildman–Crippen MR) is 66.1 cm³/mol. The van der Waals surface area contributed by atoms with Crippen LogP contribution in [0.5, 0.6) is 0 Å². The molecule has 4 nitrogen and oxygen atoms in total. The molecule has 0 saturated heterocycles. The topological polar surface area (TPSA) is 60.8 Å². The van der Waals surface area contributed by atoms with Gasteiger partial charge in [-0.2, -0.15) is 0 Å². The van der Waals surface area contributed by atoms with Crippen molar-refractivity contribution in [2.75, 3.05) is 19.7 Å². The van der Waals surface area contributed by atoms with Crippen LogP contribution in [0.4, 0.5) is 4.39 Å². The van der Waals surface area contributed by atoms with Crippen LogP contribution in [0.25, 0.3) is 0 Å². The van der Waals surface area contributed by atoms with Crippen molar-refractivity contribution in [3.63, 3.8) is 0 Å². The number of aliphatic carboxylic acids is 1. The first-order chi connectivity index (χ1) is 8.52. The summed E-state index contributed by atoms with van der Waals surface area (Å²) in [5, 5.41) is 18.2. The van der Waals surface area contributed by atoms with Crippen LogP contribution in [0.1, 0.15) is 18.5 Å². The summed E-state index contributed by atoms with van der Waals surface area (Å²) < 4.78 is 13.8. The summed E-state index contributed by atoms with van der Waals surface area (Å²) >= 11 is 5.88. The number of halogens is 2. The zero-order valence-electron chi connectivity index (χ0n) is 9.94. The Bertz CT molecular complexity index is 408. The number of carboxylic acids is 1. The molecule has 0 aromatic heterocycles. The Morgan fingerprint density at radius 3 is 2.67 bits per heavy atom.